The smallest absolute Gasteiger partial charge is 0.273 e. The van der Waals surface area contributed by atoms with Crippen LogP contribution >= 0.6 is 11.6 Å². The molecule has 0 spiro atoms. The van der Waals surface area contributed by atoms with Crippen LogP contribution < -0.4 is 4.90 Å². The summed E-state index contributed by atoms with van der Waals surface area (Å²) in [5, 5.41) is 10.9. The number of ether oxygens (including phenoxy) is 1. The van der Waals surface area contributed by atoms with E-state index in [4.69, 9.17) is 16.3 Å². The van der Waals surface area contributed by atoms with Crippen LogP contribution in [-0.2, 0) is 10.6 Å². The van der Waals surface area contributed by atoms with Crippen molar-refractivity contribution in [1.82, 2.24) is 0 Å². The van der Waals surface area contributed by atoms with Crippen molar-refractivity contribution in [3.8, 4) is 0 Å². The molecule has 20 heavy (non-hydrogen) atoms. The summed E-state index contributed by atoms with van der Waals surface area (Å²) in [6.45, 7) is 2.65. The molecule has 1 aliphatic heterocycles. The van der Waals surface area contributed by atoms with Crippen molar-refractivity contribution in [2.24, 2.45) is 5.92 Å². The number of nitro benzene ring substituents is 1. The van der Waals surface area contributed by atoms with Gasteiger partial charge < -0.3 is 9.64 Å². The van der Waals surface area contributed by atoms with Gasteiger partial charge in [0.25, 0.3) is 5.69 Å². The number of nitro groups is 1. The van der Waals surface area contributed by atoms with Crippen molar-refractivity contribution in [2.75, 3.05) is 31.7 Å². The van der Waals surface area contributed by atoms with E-state index in [1.807, 2.05) is 12.1 Å². The molecule has 6 heteroatoms. The minimum absolute atomic E-state index is 0.0919. The average Bonchev–Trinajstić information content (AvgIpc) is 2.47. The van der Waals surface area contributed by atoms with Crippen molar-refractivity contribution >= 4 is 23.0 Å². The first kappa shape index (κ1) is 15.1. The summed E-state index contributed by atoms with van der Waals surface area (Å²) in [5.74, 6) is 0.669. The summed E-state index contributed by atoms with van der Waals surface area (Å²) in [5.41, 5.74) is 1.67. The van der Waals surface area contributed by atoms with E-state index < -0.39 is 0 Å². The zero-order valence-corrected chi connectivity index (χ0v) is 12.3. The lowest BCUT2D eigenvalue weighted by atomic mass is 9.98. The molecule has 1 saturated heterocycles. The number of halogens is 1. The van der Waals surface area contributed by atoms with Gasteiger partial charge >= 0.3 is 0 Å². The highest BCUT2D eigenvalue weighted by Crippen LogP contribution is 2.29. The summed E-state index contributed by atoms with van der Waals surface area (Å²) in [6.07, 6.45) is 2.28. The molecule has 0 bridgehead atoms. The largest absolute Gasteiger partial charge is 0.384 e. The van der Waals surface area contributed by atoms with Gasteiger partial charge in [-0.1, -0.05) is 0 Å². The number of benzene rings is 1. The first-order valence-electron chi connectivity index (χ1n) is 6.73. The Morgan fingerprint density at radius 2 is 2.35 bits per heavy atom. The second-order valence-corrected chi connectivity index (χ2v) is 5.38. The Morgan fingerprint density at radius 3 is 3.00 bits per heavy atom. The number of hydrogen-bond acceptors (Lipinski definition) is 4. The molecular formula is C14H19ClN2O3. The molecule has 0 amide bonds. The molecule has 1 aromatic carbocycles. The Hall–Kier alpha value is -1.33. The van der Waals surface area contributed by atoms with Crippen molar-refractivity contribution in [3.63, 3.8) is 0 Å². The molecule has 0 N–H and O–H groups in total. The lowest BCUT2D eigenvalue weighted by Crippen LogP contribution is -2.37. The Morgan fingerprint density at radius 1 is 1.55 bits per heavy atom. The highest BCUT2D eigenvalue weighted by molar-refractivity contribution is 6.17. The van der Waals surface area contributed by atoms with Gasteiger partial charge in [0.2, 0.25) is 0 Å². The molecule has 2 rings (SSSR count). The molecule has 0 saturated carbocycles. The highest BCUT2D eigenvalue weighted by Gasteiger charge is 2.22. The number of hydrogen-bond donors (Lipinski definition) is 0. The Kier molecular flexibility index (Phi) is 5.20. The van der Waals surface area contributed by atoms with Crippen LogP contribution in [0, 0.1) is 16.0 Å². The van der Waals surface area contributed by atoms with E-state index in [1.165, 1.54) is 6.42 Å². The Balaban J connectivity index is 2.18. The third-order valence-electron chi connectivity index (χ3n) is 3.69. The number of nitrogens with zero attached hydrogens (tertiary/aromatic N) is 2. The minimum Gasteiger partial charge on any atom is -0.384 e. The van der Waals surface area contributed by atoms with Gasteiger partial charge in [0.05, 0.1) is 17.4 Å². The predicted octanol–water partition coefficient (Wildman–Crippen LogP) is 3.20. The molecule has 1 aliphatic rings. The fraction of sp³-hybridized carbons (Fsp3) is 0.571. The first-order chi connectivity index (χ1) is 9.65. The van der Waals surface area contributed by atoms with Gasteiger partial charge in [-0.15, -0.1) is 11.6 Å². The quantitative estimate of drug-likeness (QED) is 0.476. The van der Waals surface area contributed by atoms with E-state index in [9.17, 15) is 10.1 Å². The van der Waals surface area contributed by atoms with E-state index >= 15 is 0 Å². The van der Waals surface area contributed by atoms with Crippen molar-refractivity contribution in [1.29, 1.82) is 0 Å². The molecule has 0 aromatic heterocycles. The van der Waals surface area contributed by atoms with Crippen LogP contribution in [-0.4, -0.2) is 31.7 Å². The van der Waals surface area contributed by atoms with Crippen LogP contribution in [0.3, 0.4) is 0 Å². The Bertz CT molecular complexity index is 479. The highest BCUT2D eigenvalue weighted by atomic mass is 35.5. The van der Waals surface area contributed by atoms with Crippen LogP contribution in [0.5, 0.6) is 0 Å². The van der Waals surface area contributed by atoms with E-state index in [1.54, 1.807) is 13.2 Å². The lowest BCUT2D eigenvalue weighted by molar-refractivity contribution is -0.385. The van der Waals surface area contributed by atoms with Crippen LogP contribution in [0.2, 0.25) is 0 Å². The van der Waals surface area contributed by atoms with Gasteiger partial charge in [-0.3, -0.25) is 10.1 Å². The van der Waals surface area contributed by atoms with Gasteiger partial charge in [0.15, 0.2) is 0 Å². The maximum Gasteiger partial charge on any atom is 0.273 e. The zero-order chi connectivity index (χ0) is 14.5. The molecule has 110 valence electrons. The summed E-state index contributed by atoms with van der Waals surface area (Å²) < 4.78 is 5.22. The summed E-state index contributed by atoms with van der Waals surface area (Å²) >= 11 is 5.82. The van der Waals surface area contributed by atoms with Crippen LogP contribution in [0.1, 0.15) is 18.4 Å². The van der Waals surface area contributed by atoms with Gasteiger partial charge in [-0.05, 0) is 30.9 Å². The number of anilines is 1. The summed E-state index contributed by atoms with van der Waals surface area (Å²) in [4.78, 5) is 12.8. The molecule has 0 radical (unpaired) electrons. The van der Waals surface area contributed by atoms with Gasteiger partial charge in [-0.2, -0.15) is 0 Å². The lowest BCUT2D eigenvalue weighted by Gasteiger charge is -2.34. The van der Waals surface area contributed by atoms with Gasteiger partial charge in [0.1, 0.15) is 0 Å². The van der Waals surface area contributed by atoms with Crippen LogP contribution in [0.15, 0.2) is 18.2 Å². The molecule has 1 fully saturated rings. The van der Waals surface area contributed by atoms with E-state index in [0.29, 0.717) is 11.5 Å². The maximum absolute atomic E-state index is 10.9. The molecule has 0 aliphatic carbocycles. The van der Waals surface area contributed by atoms with Gasteiger partial charge in [0, 0.05) is 37.5 Å². The van der Waals surface area contributed by atoms with Crippen LogP contribution in [0.4, 0.5) is 11.4 Å². The van der Waals surface area contributed by atoms with Crippen LogP contribution in [0.25, 0.3) is 0 Å². The first-order valence-corrected chi connectivity index (χ1v) is 7.26. The van der Waals surface area contributed by atoms with E-state index in [0.717, 1.165) is 31.8 Å². The second-order valence-electron chi connectivity index (χ2n) is 5.11. The number of rotatable bonds is 5. The van der Waals surface area contributed by atoms with Crippen molar-refractivity contribution in [3.05, 3.63) is 33.9 Å². The number of piperidine rings is 1. The Labute approximate surface area is 123 Å². The third-order valence-corrected chi connectivity index (χ3v) is 3.98. The monoisotopic (exact) mass is 298 g/mol. The predicted molar refractivity (Wildman–Crippen MR) is 79.5 cm³/mol. The molecule has 1 aromatic rings. The normalized spacial score (nSPS) is 19.1. The standard InChI is InChI=1S/C14H19ClN2O3/c1-20-10-11-3-2-6-16(9-11)13-4-5-14(17(18)19)12(7-13)8-15/h4-5,7,11H,2-3,6,8-10H2,1H3. The fourth-order valence-corrected chi connectivity index (χ4v) is 2.94. The number of methoxy groups -OCH3 is 1. The third kappa shape index (κ3) is 3.41. The van der Waals surface area contributed by atoms with Crippen molar-refractivity contribution in [2.45, 2.75) is 18.7 Å². The zero-order valence-electron chi connectivity index (χ0n) is 11.5. The van der Waals surface area contributed by atoms with E-state index in [-0.39, 0.29) is 16.5 Å². The summed E-state index contributed by atoms with van der Waals surface area (Å²) in [7, 11) is 1.72. The number of alkyl halides is 1. The molecule has 1 heterocycles. The summed E-state index contributed by atoms with van der Waals surface area (Å²) in [6, 6.07) is 5.19. The molecule has 5 nitrogen and oxygen atoms in total. The van der Waals surface area contributed by atoms with Crippen molar-refractivity contribution < 1.29 is 9.66 Å². The molecular weight excluding hydrogens is 280 g/mol. The molecule has 1 atom stereocenters. The maximum atomic E-state index is 10.9. The van der Waals surface area contributed by atoms with E-state index in [2.05, 4.69) is 4.90 Å². The topological polar surface area (TPSA) is 55.6 Å². The average molecular weight is 299 g/mol. The fourth-order valence-electron chi connectivity index (χ4n) is 2.73. The second kappa shape index (κ2) is 6.90. The SMILES string of the molecule is COCC1CCCN(c2ccc([N+](=O)[O-])c(CCl)c2)C1. The van der Waals surface area contributed by atoms with Gasteiger partial charge in [-0.25, -0.2) is 0 Å². The minimum atomic E-state index is -0.384. The molecule has 1 unspecified atom stereocenters.